The van der Waals surface area contributed by atoms with Crippen LogP contribution in [0.15, 0.2) is 42.5 Å². The minimum absolute atomic E-state index is 0.0970. The van der Waals surface area contributed by atoms with E-state index in [-0.39, 0.29) is 24.3 Å². The molecule has 0 aromatic heterocycles. The van der Waals surface area contributed by atoms with Gasteiger partial charge in [0.15, 0.2) is 41.5 Å². The van der Waals surface area contributed by atoms with Crippen LogP contribution in [-0.2, 0) is 53.9 Å². The average molecular weight is 813 g/mol. The highest BCUT2D eigenvalue weighted by Gasteiger charge is 2.55. The molecule has 57 heavy (non-hydrogen) atoms. The molecule has 3 saturated heterocycles. The van der Waals surface area contributed by atoms with E-state index in [1.807, 2.05) is 0 Å². The van der Waals surface area contributed by atoms with Crippen molar-refractivity contribution < 1.29 is 98.5 Å². The molecule has 0 aliphatic carbocycles. The van der Waals surface area contributed by atoms with Crippen LogP contribution in [0.2, 0.25) is 0 Å². The number of phenols is 4. The lowest BCUT2D eigenvalue weighted by Crippen LogP contribution is -2.66. The Morgan fingerprint density at radius 2 is 1.25 bits per heavy atom. The molecule has 316 valence electrons. The summed E-state index contributed by atoms with van der Waals surface area (Å²) in [5, 5.41) is 102. The summed E-state index contributed by atoms with van der Waals surface area (Å²) < 4.78 is 46.9. The Bertz CT molecular complexity index is 1710. The third-order valence-electron chi connectivity index (χ3n) is 9.61. The summed E-state index contributed by atoms with van der Waals surface area (Å²) in [6.07, 6.45) is -21.4. The number of hydrogen-bond donors (Lipinski definition) is 10. The van der Waals surface area contributed by atoms with Gasteiger partial charge in [-0.2, -0.15) is 0 Å². The predicted octanol–water partition coefficient (Wildman–Crippen LogP) is -1.59. The van der Waals surface area contributed by atoms with Gasteiger partial charge in [-0.15, -0.1) is 0 Å². The van der Waals surface area contributed by atoms with Crippen LogP contribution in [0.3, 0.4) is 0 Å². The standard InChI is InChI=1S/C37H48O20/c1-15-26(44)29(47)28(46)24(52-15)14-51-37-34(55-25(43)9-6-18-4-7-20(39)22(41)12-18)32(56-35-31(49)30(48)27(45)16(2)53-35)33(54-17(3)38)36(57-37)50-11-10-19-5-8-21(40)23(42)13-19/h4-9,12-13,15-16,24,26-37,39-42,44-49H,10-11,14H2,1-3H3. The normalized spacial score (nSPS) is 35.8. The van der Waals surface area contributed by atoms with Crippen molar-refractivity contribution in [2.24, 2.45) is 0 Å². The number of esters is 2. The summed E-state index contributed by atoms with van der Waals surface area (Å²) in [4.78, 5) is 26.0. The maximum atomic E-state index is 13.5. The second-order valence-electron chi connectivity index (χ2n) is 13.8. The zero-order chi connectivity index (χ0) is 41.7. The van der Waals surface area contributed by atoms with Crippen molar-refractivity contribution in [2.45, 2.75) is 119 Å². The molecule has 15 atom stereocenters. The van der Waals surface area contributed by atoms with E-state index in [9.17, 15) is 60.7 Å². The lowest BCUT2D eigenvalue weighted by Gasteiger charge is -2.47. The summed E-state index contributed by atoms with van der Waals surface area (Å²) in [7, 11) is 0. The van der Waals surface area contributed by atoms with Crippen LogP contribution in [-0.4, -0.2) is 168 Å². The van der Waals surface area contributed by atoms with Crippen LogP contribution in [0.1, 0.15) is 31.9 Å². The van der Waals surface area contributed by atoms with Crippen LogP contribution in [0.5, 0.6) is 23.0 Å². The fourth-order valence-corrected chi connectivity index (χ4v) is 6.39. The number of hydrogen-bond acceptors (Lipinski definition) is 20. The average Bonchev–Trinajstić information content (AvgIpc) is 3.16. The quantitative estimate of drug-likeness (QED) is 0.0619. The Labute approximate surface area is 325 Å². The summed E-state index contributed by atoms with van der Waals surface area (Å²) in [6.45, 7) is 3.10. The lowest BCUT2D eigenvalue weighted by molar-refractivity contribution is -0.386. The van der Waals surface area contributed by atoms with E-state index in [0.717, 1.165) is 19.1 Å². The van der Waals surface area contributed by atoms with Crippen molar-refractivity contribution in [3.05, 3.63) is 53.6 Å². The fraction of sp³-hybridized carbons (Fsp3) is 0.568. The van der Waals surface area contributed by atoms with Crippen molar-refractivity contribution in [3.63, 3.8) is 0 Å². The number of carbonyl (C=O) groups is 2. The Morgan fingerprint density at radius 1 is 0.649 bits per heavy atom. The molecule has 3 aliphatic rings. The van der Waals surface area contributed by atoms with Gasteiger partial charge >= 0.3 is 11.9 Å². The largest absolute Gasteiger partial charge is 0.504 e. The van der Waals surface area contributed by atoms with E-state index in [1.54, 1.807) is 0 Å². The molecule has 0 radical (unpaired) electrons. The van der Waals surface area contributed by atoms with Gasteiger partial charge in [0.2, 0.25) is 12.6 Å². The maximum Gasteiger partial charge on any atom is 0.331 e. The SMILES string of the molecule is CC(=O)OC1C(OCCc2ccc(O)c(O)c2)OC(OCC2OC(C)C(O)C(O)C2O)C(OC(=O)C=Cc2ccc(O)c(O)c2)C1OC1OC(C)C(O)C(O)C1O. The molecule has 20 heteroatoms. The molecule has 20 nitrogen and oxygen atoms in total. The zero-order valence-electron chi connectivity index (χ0n) is 31.0. The number of ether oxygens (including phenoxy) is 8. The van der Waals surface area contributed by atoms with Gasteiger partial charge < -0.3 is 89.0 Å². The van der Waals surface area contributed by atoms with Gasteiger partial charge in [0, 0.05) is 13.0 Å². The molecular formula is C37H48O20. The van der Waals surface area contributed by atoms with Gasteiger partial charge in [-0.3, -0.25) is 4.79 Å². The Kier molecular flexibility index (Phi) is 14.7. The van der Waals surface area contributed by atoms with Crippen molar-refractivity contribution >= 4 is 18.0 Å². The second-order valence-corrected chi connectivity index (χ2v) is 13.8. The zero-order valence-corrected chi connectivity index (χ0v) is 31.0. The molecule has 3 heterocycles. The molecule has 2 aromatic rings. The molecule has 0 spiro atoms. The minimum atomic E-state index is -1.91. The van der Waals surface area contributed by atoms with Crippen LogP contribution in [0, 0.1) is 0 Å². The molecular weight excluding hydrogens is 764 g/mol. The van der Waals surface area contributed by atoms with Gasteiger partial charge in [0.25, 0.3) is 0 Å². The van der Waals surface area contributed by atoms with Crippen molar-refractivity contribution in [3.8, 4) is 23.0 Å². The molecule has 0 saturated carbocycles. The van der Waals surface area contributed by atoms with E-state index in [4.69, 9.17) is 37.9 Å². The number of rotatable bonds is 13. The number of benzene rings is 2. The van der Waals surface area contributed by atoms with Crippen LogP contribution < -0.4 is 0 Å². The van der Waals surface area contributed by atoms with E-state index < -0.39 is 128 Å². The van der Waals surface area contributed by atoms with Gasteiger partial charge in [0.1, 0.15) is 48.8 Å². The first-order chi connectivity index (χ1) is 26.9. The lowest BCUT2D eigenvalue weighted by atomic mass is 9.96. The van der Waals surface area contributed by atoms with Crippen molar-refractivity contribution in [1.82, 2.24) is 0 Å². The molecule has 3 fully saturated rings. The van der Waals surface area contributed by atoms with E-state index >= 15 is 0 Å². The van der Waals surface area contributed by atoms with E-state index in [2.05, 4.69) is 0 Å². The third-order valence-corrected chi connectivity index (χ3v) is 9.61. The third kappa shape index (κ3) is 10.7. The molecule has 5 rings (SSSR count). The van der Waals surface area contributed by atoms with E-state index in [0.29, 0.717) is 5.56 Å². The van der Waals surface area contributed by atoms with Crippen molar-refractivity contribution in [2.75, 3.05) is 13.2 Å². The number of aromatic hydroxyl groups is 4. The number of carbonyl (C=O) groups excluding carboxylic acids is 2. The van der Waals surface area contributed by atoms with Crippen LogP contribution in [0.4, 0.5) is 0 Å². The Morgan fingerprint density at radius 3 is 1.89 bits per heavy atom. The number of phenolic OH excluding ortho intramolecular Hbond substituents is 4. The Balaban J connectivity index is 1.50. The molecule has 0 amide bonds. The van der Waals surface area contributed by atoms with Crippen LogP contribution >= 0.6 is 0 Å². The predicted molar refractivity (Wildman–Crippen MR) is 188 cm³/mol. The molecule has 3 aliphatic heterocycles. The highest BCUT2D eigenvalue weighted by molar-refractivity contribution is 5.87. The number of aliphatic hydroxyl groups excluding tert-OH is 6. The maximum absolute atomic E-state index is 13.5. The number of aliphatic hydroxyl groups is 6. The second kappa shape index (κ2) is 19.1. The molecule has 0 bridgehead atoms. The fourth-order valence-electron chi connectivity index (χ4n) is 6.39. The van der Waals surface area contributed by atoms with Gasteiger partial charge in [0.05, 0.1) is 25.4 Å². The first-order valence-corrected chi connectivity index (χ1v) is 18.0. The highest BCUT2D eigenvalue weighted by Crippen LogP contribution is 2.35. The monoisotopic (exact) mass is 812 g/mol. The highest BCUT2D eigenvalue weighted by atomic mass is 16.8. The molecule has 15 unspecified atom stereocenters. The van der Waals surface area contributed by atoms with Crippen molar-refractivity contribution in [1.29, 1.82) is 0 Å². The topological polar surface area (TPSA) is 310 Å². The first-order valence-electron chi connectivity index (χ1n) is 18.0. The summed E-state index contributed by atoms with van der Waals surface area (Å²) in [5.41, 5.74) is 0.763. The van der Waals surface area contributed by atoms with Gasteiger partial charge in [-0.05, 0) is 61.7 Å². The smallest absolute Gasteiger partial charge is 0.331 e. The minimum Gasteiger partial charge on any atom is -0.504 e. The summed E-state index contributed by atoms with van der Waals surface area (Å²) >= 11 is 0. The first kappa shape index (κ1) is 44.0. The van der Waals surface area contributed by atoms with Crippen LogP contribution in [0.25, 0.3) is 6.08 Å². The summed E-state index contributed by atoms with van der Waals surface area (Å²) in [5.74, 6) is -3.64. The molecule has 10 N–H and O–H groups in total. The Hall–Kier alpha value is -4.16. The van der Waals surface area contributed by atoms with Gasteiger partial charge in [-0.25, -0.2) is 4.79 Å². The van der Waals surface area contributed by atoms with Gasteiger partial charge in [-0.1, -0.05) is 12.1 Å². The summed E-state index contributed by atoms with van der Waals surface area (Å²) in [6, 6.07) is 7.77. The van der Waals surface area contributed by atoms with E-state index in [1.165, 1.54) is 50.3 Å². The molecule has 2 aromatic carbocycles.